The largest absolute Gasteiger partial charge is 0.378 e. The first-order chi connectivity index (χ1) is 12.4. The van der Waals surface area contributed by atoms with Crippen molar-refractivity contribution in [2.45, 2.75) is 31.6 Å². The van der Waals surface area contributed by atoms with Gasteiger partial charge in [0.05, 0.1) is 19.8 Å². The number of halogens is 1. The van der Waals surface area contributed by atoms with E-state index in [1.54, 1.807) is 0 Å². The molecule has 2 heterocycles. The molecule has 3 rings (SSSR count). The lowest BCUT2D eigenvalue weighted by molar-refractivity contribution is 0.122. The molecule has 0 bridgehead atoms. The number of hydrogen-bond donors (Lipinski definition) is 2. The van der Waals surface area contributed by atoms with E-state index in [0.717, 1.165) is 50.6 Å². The molecule has 2 aliphatic rings. The van der Waals surface area contributed by atoms with Crippen LogP contribution in [0.5, 0.6) is 0 Å². The van der Waals surface area contributed by atoms with Crippen LogP contribution < -0.4 is 15.5 Å². The number of benzene rings is 1. The zero-order valence-corrected chi connectivity index (χ0v) is 18.7. The minimum Gasteiger partial charge on any atom is -0.378 e. The molecule has 0 spiro atoms. The van der Waals surface area contributed by atoms with E-state index in [0.29, 0.717) is 6.54 Å². The van der Waals surface area contributed by atoms with E-state index in [2.05, 4.69) is 58.5 Å². The van der Waals surface area contributed by atoms with Crippen LogP contribution in [0.1, 0.15) is 25.3 Å². The van der Waals surface area contributed by atoms with Crippen LogP contribution in [0.3, 0.4) is 0 Å². The summed E-state index contributed by atoms with van der Waals surface area (Å²) in [6.45, 7) is 8.22. The summed E-state index contributed by atoms with van der Waals surface area (Å²) in [6.07, 6.45) is 2.66. The van der Waals surface area contributed by atoms with Gasteiger partial charge in [0.2, 0.25) is 0 Å². The number of aliphatic imine (C=N–C) groups is 1. The topological polar surface area (TPSA) is 48.9 Å². The molecule has 2 saturated heterocycles. The van der Waals surface area contributed by atoms with Gasteiger partial charge in [-0.3, -0.25) is 0 Å². The highest BCUT2D eigenvalue weighted by molar-refractivity contribution is 14.0. The molecule has 1 atom stereocenters. The lowest BCUT2D eigenvalue weighted by atomic mass is 10.1. The third-order valence-electron chi connectivity index (χ3n) is 4.62. The zero-order valence-electron chi connectivity index (χ0n) is 15.6. The van der Waals surface area contributed by atoms with Crippen molar-refractivity contribution in [3.8, 4) is 0 Å². The number of hydrogen-bond acceptors (Lipinski definition) is 4. The molecule has 5 nitrogen and oxygen atoms in total. The summed E-state index contributed by atoms with van der Waals surface area (Å²) < 4.78 is 5.48. The Morgan fingerprint density at radius 2 is 2.08 bits per heavy atom. The van der Waals surface area contributed by atoms with Gasteiger partial charge in [-0.05, 0) is 37.1 Å². The van der Waals surface area contributed by atoms with Gasteiger partial charge in [0.1, 0.15) is 0 Å². The summed E-state index contributed by atoms with van der Waals surface area (Å²) in [5.41, 5.74) is 2.56. The fourth-order valence-corrected chi connectivity index (χ4v) is 4.48. The first-order valence-electron chi connectivity index (χ1n) is 9.41. The van der Waals surface area contributed by atoms with Crippen molar-refractivity contribution < 1.29 is 4.74 Å². The smallest absolute Gasteiger partial charge is 0.191 e. The van der Waals surface area contributed by atoms with E-state index in [1.165, 1.54) is 29.8 Å². The monoisotopic (exact) mass is 490 g/mol. The van der Waals surface area contributed by atoms with Crippen molar-refractivity contribution in [3.63, 3.8) is 0 Å². The quantitative estimate of drug-likeness (QED) is 0.365. The number of nitrogens with zero attached hydrogens (tertiary/aromatic N) is 2. The minimum atomic E-state index is 0. The van der Waals surface area contributed by atoms with Crippen LogP contribution in [0.15, 0.2) is 29.3 Å². The van der Waals surface area contributed by atoms with Gasteiger partial charge in [-0.2, -0.15) is 11.8 Å². The second kappa shape index (κ2) is 11.9. The lowest BCUT2D eigenvalue weighted by Crippen LogP contribution is -2.40. The number of para-hydroxylation sites is 1. The minimum absolute atomic E-state index is 0. The molecule has 0 radical (unpaired) electrons. The summed E-state index contributed by atoms with van der Waals surface area (Å²) in [6, 6.07) is 8.60. The first kappa shape index (κ1) is 21.6. The molecular weight excluding hydrogens is 459 g/mol. The van der Waals surface area contributed by atoms with Crippen LogP contribution in [0, 0.1) is 0 Å². The van der Waals surface area contributed by atoms with Gasteiger partial charge in [0, 0.05) is 37.1 Å². The Bertz CT molecular complexity index is 560. The van der Waals surface area contributed by atoms with Crippen LogP contribution >= 0.6 is 35.7 Å². The van der Waals surface area contributed by atoms with Gasteiger partial charge in [-0.1, -0.05) is 18.2 Å². The van der Waals surface area contributed by atoms with E-state index >= 15 is 0 Å². The Kier molecular flexibility index (Phi) is 9.92. The van der Waals surface area contributed by atoms with Crippen molar-refractivity contribution in [2.24, 2.45) is 4.99 Å². The third kappa shape index (κ3) is 6.49. The zero-order chi connectivity index (χ0) is 17.3. The summed E-state index contributed by atoms with van der Waals surface area (Å²) in [5, 5.41) is 7.61. The predicted molar refractivity (Wildman–Crippen MR) is 123 cm³/mol. The molecule has 7 heteroatoms. The second-order valence-electron chi connectivity index (χ2n) is 6.44. The van der Waals surface area contributed by atoms with E-state index in [4.69, 9.17) is 9.73 Å². The Labute approximate surface area is 178 Å². The normalized spacial score (nSPS) is 20.6. The number of morpholine rings is 1. The summed E-state index contributed by atoms with van der Waals surface area (Å²) >= 11 is 2.07. The highest BCUT2D eigenvalue weighted by atomic mass is 127. The van der Waals surface area contributed by atoms with Crippen LogP contribution in [0.25, 0.3) is 0 Å². The molecule has 2 fully saturated rings. The third-order valence-corrected chi connectivity index (χ3v) is 6.01. The first-order valence-corrected chi connectivity index (χ1v) is 10.5. The molecule has 146 valence electrons. The van der Waals surface area contributed by atoms with Crippen molar-refractivity contribution >= 4 is 47.4 Å². The highest BCUT2D eigenvalue weighted by Crippen LogP contribution is 2.25. The molecular formula is C19H31IN4OS. The molecule has 0 saturated carbocycles. The van der Waals surface area contributed by atoms with Gasteiger partial charge in [-0.15, -0.1) is 24.0 Å². The number of rotatable bonds is 6. The Morgan fingerprint density at radius 1 is 1.27 bits per heavy atom. The maximum Gasteiger partial charge on any atom is 0.191 e. The number of guanidine groups is 1. The van der Waals surface area contributed by atoms with Crippen molar-refractivity contribution in [1.29, 1.82) is 0 Å². The molecule has 1 aromatic rings. The van der Waals surface area contributed by atoms with Gasteiger partial charge in [0.15, 0.2) is 5.96 Å². The van der Waals surface area contributed by atoms with Crippen molar-refractivity contribution in [3.05, 3.63) is 29.8 Å². The van der Waals surface area contributed by atoms with E-state index in [9.17, 15) is 0 Å². The fourth-order valence-electron chi connectivity index (χ4n) is 3.28. The van der Waals surface area contributed by atoms with Gasteiger partial charge in [0.25, 0.3) is 0 Å². The standard InChI is InChI=1S/C19H30N4OS.HI/c1-2-20-19(22-15-17-7-5-13-25-17)21-14-16-6-3-4-8-18(16)23-9-11-24-12-10-23;/h3-4,6,8,17H,2,5,7,9-15H2,1H3,(H2,20,21,22);1H. The van der Waals surface area contributed by atoms with Gasteiger partial charge < -0.3 is 20.3 Å². The number of anilines is 1. The molecule has 0 aromatic heterocycles. The summed E-state index contributed by atoms with van der Waals surface area (Å²) in [4.78, 5) is 7.23. The molecule has 2 aliphatic heterocycles. The maximum atomic E-state index is 5.48. The van der Waals surface area contributed by atoms with Gasteiger partial charge in [-0.25, -0.2) is 4.99 Å². The van der Waals surface area contributed by atoms with E-state index < -0.39 is 0 Å². The molecule has 0 aliphatic carbocycles. The fraction of sp³-hybridized carbons (Fsp3) is 0.632. The van der Waals surface area contributed by atoms with Crippen LogP contribution in [-0.4, -0.2) is 56.4 Å². The molecule has 26 heavy (non-hydrogen) atoms. The number of thioether (sulfide) groups is 1. The predicted octanol–water partition coefficient (Wildman–Crippen LogP) is 3.09. The summed E-state index contributed by atoms with van der Waals surface area (Å²) in [7, 11) is 0. The molecule has 2 N–H and O–H groups in total. The average Bonchev–Trinajstić information content (AvgIpc) is 3.18. The Morgan fingerprint density at radius 3 is 2.81 bits per heavy atom. The number of nitrogens with one attached hydrogen (secondary N) is 2. The molecule has 1 unspecified atom stereocenters. The highest BCUT2D eigenvalue weighted by Gasteiger charge is 2.16. The Hall–Kier alpha value is -0.670. The van der Waals surface area contributed by atoms with Crippen LogP contribution in [0.4, 0.5) is 5.69 Å². The van der Waals surface area contributed by atoms with Crippen LogP contribution in [-0.2, 0) is 11.3 Å². The summed E-state index contributed by atoms with van der Waals surface area (Å²) in [5.74, 6) is 2.22. The van der Waals surface area contributed by atoms with Crippen molar-refractivity contribution in [1.82, 2.24) is 10.6 Å². The molecule has 0 amide bonds. The van der Waals surface area contributed by atoms with E-state index in [1.807, 2.05) is 0 Å². The van der Waals surface area contributed by atoms with Crippen LogP contribution in [0.2, 0.25) is 0 Å². The maximum absolute atomic E-state index is 5.48. The Balaban J connectivity index is 0.00000243. The lowest BCUT2D eigenvalue weighted by Gasteiger charge is -2.30. The SMILES string of the molecule is CCNC(=NCc1ccccc1N1CCOCC1)NCC1CCCS1.I. The number of ether oxygens (including phenoxy) is 1. The van der Waals surface area contributed by atoms with Crippen molar-refractivity contribution in [2.75, 3.05) is 50.0 Å². The van der Waals surface area contributed by atoms with E-state index in [-0.39, 0.29) is 24.0 Å². The van der Waals surface area contributed by atoms with Gasteiger partial charge >= 0.3 is 0 Å². The molecule has 1 aromatic carbocycles. The second-order valence-corrected chi connectivity index (χ2v) is 7.85. The average molecular weight is 490 g/mol.